The summed E-state index contributed by atoms with van der Waals surface area (Å²) in [6.45, 7) is 14.3. The molecule has 0 saturated carbocycles. The second-order valence-corrected chi connectivity index (χ2v) is 13.2. The van der Waals surface area contributed by atoms with Crippen molar-refractivity contribution in [1.82, 2.24) is 15.2 Å². The zero-order valence-electron chi connectivity index (χ0n) is 27.6. The molecule has 0 radical (unpaired) electrons. The van der Waals surface area contributed by atoms with Crippen LogP contribution in [0.15, 0.2) is 30.5 Å². The number of rotatable bonds is 14. The van der Waals surface area contributed by atoms with Gasteiger partial charge in [0.25, 0.3) is 0 Å². The van der Waals surface area contributed by atoms with Crippen LogP contribution < -0.4 is 5.32 Å². The van der Waals surface area contributed by atoms with Crippen molar-refractivity contribution in [1.29, 1.82) is 0 Å². The summed E-state index contributed by atoms with van der Waals surface area (Å²) < 4.78 is 17.4. The molecule has 2 heterocycles. The molecule has 2 aromatic rings. The molecular weight excluding hydrogens is 546 g/mol. The number of hydrogen-bond donors (Lipinski definition) is 2. The van der Waals surface area contributed by atoms with Crippen LogP contribution in [0.25, 0.3) is 10.9 Å². The summed E-state index contributed by atoms with van der Waals surface area (Å²) in [5, 5.41) is 3.96. The van der Waals surface area contributed by atoms with Crippen LogP contribution in [0, 0.1) is 17.8 Å². The van der Waals surface area contributed by atoms with E-state index in [1.54, 1.807) is 21.1 Å². The third-order valence-electron chi connectivity index (χ3n) is 9.09. The number of benzene rings is 1. The van der Waals surface area contributed by atoms with Gasteiger partial charge in [0.05, 0.1) is 30.6 Å². The van der Waals surface area contributed by atoms with E-state index in [4.69, 9.17) is 14.2 Å². The Balaban J connectivity index is 1.76. The first-order chi connectivity index (χ1) is 20.3. The maximum Gasteiger partial charge on any atom is 0.329 e. The number of carbonyl (C=O) groups is 3. The number of amides is 2. The number of esters is 1. The molecule has 1 aliphatic heterocycles. The maximum absolute atomic E-state index is 13.7. The number of aromatic nitrogens is 1. The number of para-hydroxylation sites is 1. The van der Waals surface area contributed by atoms with Crippen molar-refractivity contribution in [2.45, 2.75) is 110 Å². The summed E-state index contributed by atoms with van der Waals surface area (Å²) in [5.74, 6) is -0.735. The Morgan fingerprint density at radius 3 is 2.42 bits per heavy atom. The van der Waals surface area contributed by atoms with Gasteiger partial charge in [0.1, 0.15) is 11.6 Å². The SMILES string of the molecule is CC[C@H](C)[C@H](C)[C@@H](CC(=O)N1CCC[C@H]1[C@H](OC)[C@@H](C)C(=O)N[C@@H](Cc1c[nH]c2ccccc12)C(=O)OC(C)(C)C)OC. The van der Waals surface area contributed by atoms with Crippen LogP contribution in [0.4, 0.5) is 0 Å². The average Bonchev–Trinajstić information content (AvgIpc) is 3.61. The van der Waals surface area contributed by atoms with Crippen molar-refractivity contribution in [3.05, 3.63) is 36.0 Å². The summed E-state index contributed by atoms with van der Waals surface area (Å²) in [5.41, 5.74) is 1.16. The van der Waals surface area contributed by atoms with E-state index in [1.165, 1.54) is 0 Å². The minimum Gasteiger partial charge on any atom is -0.458 e. The highest BCUT2D eigenvalue weighted by Crippen LogP contribution is 2.30. The Bertz CT molecular complexity index is 1220. The minimum absolute atomic E-state index is 0.0186. The summed E-state index contributed by atoms with van der Waals surface area (Å²) >= 11 is 0. The number of likely N-dealkylation sites (tertiary alicyclic amines) is 1. The van der Waals surface area contributed by atoms with Gasteiger partial charge in [-0.05, 0) is 57.1 Å². The molecule has 9 nitrogen and oxygen atoms in total. The molecule has 7 atom stereocenters. The summed E-state index contributed by atoms with van der Waals surface area (Å²) in [6, 6.07) is 6.71. The number of nitrogens with zero attached hydrogens (tertiary/aromatic N) is 1. The molecule has 0 aliphatic carbocycles. The quantitative estimate of drug-likeness (QED) is 0.287. The smallest absolute Gasteiger partial charge is 0.329 e. The highest BCUT2D eigenvalue weighted by molar-refractivity contribution is 5.88. The van der Waals surface area contributed by atoms with Crippen LogP contribution >= 0.6 is 0 Å². The standard InChI is InChI=1S/C34H53N3O6/c1-10-21(2)22(3)29(41-8)19-30(38)37-17-13-16-28(37)31(42-9)23(4)32(39)36-27(33(40)43-34(5,6)7)18-24-20-35-26-15-12-11-14-25(24)26/h11-12,14-15,20-23,27-29,31,35H,10,13,16-19H2,1-9H3,(H,36,39)/t21-,22-,23+,27-,28-,29+,31+/m0/s1. The van der Waals surface area contributed by atoms with E-state index >= 15 is 0 Å². The van der Waals surface area contributed by atoms with Gasteiger partial charge in [-0.2, -0.15) is 0 Å². The summed E-state index contributed by atoms with van der Waals surface area (Å²) in [6.07, 6.45) is 4.32. The number of ether oxygens (including phenoxy) is 3. The topological polar surface area (TPSA) is 110 Å². The monoisotopic (exact) mass is 599 g/mol. The van der Waals surface area contributed by atoms with Crippen molar-refractivity contribution in [2.24, 2.45) is 17.8 Å². The number of hydrogen-bond acceptors (Lipinski definition) is 6. The molecule has 1 aliphatic rings. The van der Waals surface area contributed by atoms with Gasteiger partial charge in [-0.3, -0.25) is 9.59 Å². The van der Waals surface area contributed by atoms with Crippen molar-refractivity contribution in [2.75, 3.05) is 20.8 Å². The first kappa shape index (κ1) is 34.6. The number of aromatic amines is 1. The lowest BCUT2D eigenvalue weighted by Gasteiger charge is -2.35. The van der Waals surface area contributed by atoms with Gasteiger partial charge in [0.15, 0.2) is 0 Å². The average molecular weight is 600 g/mol. The van der Waals surface area contributed by atoms with Crippen LogP contribution in [-0.2, 0) is 35.0 Å². The van der Waals surface area contributed by atoms with E-state index in [-0.39, 0.29) is 36.3 Å². The normalized spacial score (nSPS) is 19.8. The molecule has 43 heavy (non-hydrogen) atoms. The molecule has 1 fully saturated rings. The Morgan fingerprint density at radius 2 is 1.79 bits per heavy atom. The third-order valence-corrected chi connectivity index (χ3v) is 9.09. The van der Waals surface area contributed by atoms with E-state index in [0.29, 0.717) is 18.9 Å². The number of nitrogens with one attached hydrogen (secondary N) is 2. The van der Waals surface area contributed by atoms with Crippen LogP contribution in [-0.4, -0.2) is 78.3 Å². The van der Waals surface area contributed by atoms with Crippen molar-refractivity contribution < 1.29 is 28.6 Å². The molecule has 0 spiro atoms. The maximum atomic E-state index is 13.7. The first-order valence-corrected chi connectivity index (χ1v) is 15.7. The lowest BCUT2D eigenvalue weighted by atomic mass is 9.87. The highest BCUT2D eigenvalue weighted by atomic mass is 16.6. The molecule has 1 aromatic carbocycles. The molecular formula is C34H53N3O6. The second kappa shape index (κ2) is 15.2. The van der Waals surface area contributed by atoms with Gasteiger partial charge in [-0.1, -0.05) is 52.3 Å². The molecule has 240 valence electrons. The molecule has 9 heteroatoms. The fourth-order valence-corrected chi connectivity index (χ4v) is 6.19. The fourth-order valence-electron chi connectivity index (χ4n) is 6.19. The van der Waals surface area contributed by atoms with Crippen LogP contribution in [0.2, 0.25) is 0 Å². The van der Waals surface area contributed by atoms with Crippen LogP contribution in [0.1, 0.15) is 79.7 Å². The number of H-pyrrole nitrogens is 1. The van der Waals surface area contributed by atoms with Gasteiger partial charge in [0, 0.05) is 44.3 Å². The van der Waals surface area contributed by atoms with Gasteiger partial charge in [0.2, 0.25) is 11.8 Å². The fraction of sp³-hybridized carbons (Fsp3) is 0.676. The molecule has 1 saturated heterocycles. The summed E-state index contributed by atoms with van der Waals surface area (Å²) in [4.78, 5) is 45.7. The zero-order chi connectivity index (χ0) is 31.9. The minimum atomic E-state index is -0.892. The Morgan fingerprint density at radius 1 is 1.09 bits per heavy atom. The third kappa shape index (κ3) is 8.82. The van der Waals surface area contributed by atoms with Crippen LogP contribution in [0.3, 0.4) is 0 Å². The number of fused-ring (bicyclic) bond motifs is 1. The lowest BCUT2D eigenvalue weighted by Crippen LogP contribution is -2.53. The van der Waals surface area contributed by atoms with Gasteiger partial charge in [-0.25, -0.2) is 4.79 Å². The summed E-state index contributed by atoms with van der Waals surface area (Å²) in [7, 11) is 3.25. The van der Waals surface area contributed by atoms with Gasteiger partial charge in [-0.15, -0.1) is 0 Å². The van der Waals surface area contributed by atoms with Crippen molar-refractivity contribution in [3.8, 4) is 0 Å². The van der Waals surface area contributed by atoms with E-state index < -0.39 is 29.6 Å². The first-order valence-electron chi connectivity index (χ1n) is 15.7. The molecule has 2 amide bonds. The zero-order valence-corrected chi connectivity index (χ0v) is 27.6. The van der Waals surface area contributed by atoms with E-state index in [9.17, 15) is 14.4 Å². The van der Waals surface area contributed by atoms with Crippen LogP contribution in [0.5, 0.6) is 0 Å². The second-order valence-electron chi connectivity index (χ2n) is 13.2. The largest absolute Gasteiger partial charge is 0.458 e. The van der Waals surface area contributed by atoms with E-state index in [1.807, 2.05) is 56.1 Å². The molecule has 0 bridgehead atoms. The molecule has 2 N–H and O–H groups in total. The Labute approximate surface area is 257 Å². The highest BCUT2D eigenvalue weighted by Gasteiger charge is 2.41. The Kier molecular flexibility index (Phi) is 12.2. The Hall–Kier alpha value is -2.91. The number of carbonyl (C=O) groups excluding carboxylic acids is 3. The molecule has 0 unspecified atom stereocenters. The molecule has 1 aromatic heterocycles. The van der Waals surface area contributed by atoms with Crippen molar-refractivity contribution >= 4 is 28.7 Å². The predicted octanol–water partition coefficient (Wildman–Crippen LogP) is 5.27. The number of methoxy groups -OCH3 is 2. The molecule has 3 rings (SSSR count). The predicted molar refractivity (Wildman–Crippen MR) is 169 cm³/mol. The van der Waals surface area contributed by atoms with Gasteiger partial charge < -0.3 is 29.4 Å². The van der Waals surface area contributed by atoms with E-state index in [2.05, 4.69) is 31.1 Å². The van der Waals surface area contributed by atoms with Gasteiger partial charge >= 0.3 is 5.97 Å². The van der Waals surface area contributed by atoms with E-state index in [0.717, 1.165) is 35.7 Å². The van der Waals surface area contributed by atoms with Crippen molar-refractivity contribution in [3.63, 3.8) is 0 Å². The lowest BCUT2D eigenvalue weighted by molar-refractivity contribution is -0.159.